The summed E-state index contributed by atoms with van der Waals surface area (Å²) in [5.41, 5.74) is 0. The largest absolute Gasteiger partial charge is 0.313 e. The topological polar surface area (TPSA) is 71.1 Å². The molecular formula is C8H10BrN3O2S. The molecule has 1 fully saturated rings. The highest BCUT2D eigenvalue weighted by atomic mass is 79.9. The van der Waals surface area contributed by atoms with Gasteiger partial charge in [0.15, 0.2) is 0 Å². The predicted molar refractivity (Wildman–Crippen MR) is 58.9 cm³/mol. The summed E-state index contributed by atoms with van der Waals surface area (Å²) in [5.74, 6) is 0. The van der Waals surface area contributed by atoms with Crippen LogP contribution in [-0.2, 0) is 10.0 Å². The molecule has 5 nitrogen and oxygen atoms in total. The number of hydrogen-bond acceptors (Lipinski definition) is 4. The van der Waals surface area contributed by atoms with Crippen molar-refractivity contribution in [1.29, 1.82) is 0 Å². The zero-order chi connectivity index (χ0) is 10.9. The van der Waals surface area contributed by atoms with Gasteiger partial charge in [0.25, 0.3) is 0 Å². The SMILES string of the molecule is O=S(=O)(NC1CNC1)c1cncc(Br)c1. The average molecular weight is 292 g/mol. The molecule has 0 bridgehead atoms. The second-order valence-electron chi connectivity index (χ2n) is 3.32. The monoisotopic (exact) mass is 291 g/mol. The van der Waals surface area contributed by atoms with Crippen LogP contribution >= 0.6 is 15.9 Å². The number of rotatable bonds is 3. The van der Waals surface area contributed by atoms with Crippen molar-refractivity contribution in [3.8, 4) is 0 Å². The molecule has 0 aromatic carbocycles. The number of pyridine rings is 1. The molecule has 1 saturated heterocycles. The van der Waals surface area contributed by atoms with Gasteiger partial charge in [-0.15, -0.1) is 0 Å². The van der Waals surface area contributed by atoms with Gasteiger partial charge >= 0.3 is 0 Å². The summed E-state index contributed by atoms with van der Waals surface area (Å²) < 4.78 is 26.8. The second-order valence-corrected chi connectivity index (χ2v) is 5.94. The van der Waals surface area contributed by atoms with Gasteiger partial charge < -0.3 is 5.32 Å². The van der Waals surface area contributed by atoms with E-state index in [0.717, 1.165) is 0 Å². The molecule has 0 saturated carbocycles. The Balaban J connectivity index is 2.20. The number of aromatic nitrogens is 1. The van der Waals surface area contributed by atoms with Crippen molar-refractivity contribution in [3.05, 3.63) is 22.9 Å². The summed E-state index contributed by atoms with van der Waals surface area (Å²) in [6.07, 6.45) is 2.88. The van der Waals surface area contributed by atoms with Gasteiger partial charge in [-0.25, -0.2) is 13.1 Å². The van der Waals surface area contributed by atoms with Gasteiger partial charge in [0.05, 0.1) is 0 Å². The van der Waals surface area contributed by atoms with E-state index in [4.69, 9.17) is 0 Å². The zero-order valence-electron chi connectivity index (χ0n) is 7.77. The molecule has 0 aliphatic carbocycles. The van der Waals surface area contributed by atoms with Crippen LogP contribution in [0.15, 0.2) is 27.8 Å². The smallest absolute Gasteiger partial charge is 0.242 e. The maximum absolute atomic E-state index is 11.8. The minimum Gasteiger partial charge on any atom is -0.313 e. The van der Waals surface area contributed by atoms with Crippen molar-refractivity contribution in [2.75, 3.05) is 13.1 Å². The third-order valence-electron chi connectivity index (χ3n) is 2.09. The van der Waals surface area contributed by atoms with E-state index in [0.29, 0.717) is 17.6 Å². The van der Waals surface area contributed by atoms with E-state index >= 15 is 0 Å². The van der Waals surface area contributed by atoms with E-state index in [1.54, 1.807) is 6.20 Å². The maximum Gasteiger partial charge on any atom is 0.242 e. The molecule has 15 heavy (non-hydrogen) atoms. The van der Waals surface area contributed by atoms with Crippen LogP contribution < -0.4 is 10.0 Å². The minimum absolute atomic E-state index is 0.00557. The lowest BCUT2D eigenvalue weighted by molar-refractivity contribution is 0.410. The van der Waals surface area contributed by atoms with Crippen molar-refractivity contribution < 1.29 is 8.42 Å². The highest BCUT2D eigenvalue weighted by Gasteiger charge is 2.24. The Morgan fingerprint density at radius 1 is 1.47 bits per heavy atom. The molecular weight excluding hydrogens is 282 g/mol. The van der Waals surface area contributed by atoms with Gasteiger partial charge in [0, 0.05) is 36.0 Å². The highest BCUT2D eigenvalue weighted by molar-refractivity contribution is 9.10. The van der Waals surface area contributed by atoms with Gasteiger partial charge in [-0.3, -0.25) is 4.98 Å². The van der Waals surface area contributed by atoms with E-state index in [1.165, 1.54) is 12.3 Å². The van der Waals surface area contributed by atoms with E-state index in [-0.39, 0.29) is 10.9 Å². The summed E-state index contributed by atoms with van der Waals surface area (Å²) in [7, 11) is -3.43. The lowest BCUT2D eigenvalue weighted by atomic mass is 10.2. The van der Waals surface area contributed by atoms with Crippen LogP contribution in [0.3, 0.4) is 0 Å². The summed E-state index contributed by atoms with van der Waals surface area (Å²) >= 11 is 3.18. The fourth-order valence-electron chi connectivity index (χ4n) is 1.20. The fraction of sp³-hybridized carbons (Fsp3) is 0.375. The molecule has 2 N–H and O–H groups in total. The van der Waals surface area contributed by atoms with E-state index in [1.807, 2.05) is 0 Å². The van der Waals surface area contributed by atoms with Crippen LogP contribution in [0.25, 0.3) is 0 Å². The van der Waals surface area contributed by atoms with E-state index in [9.17, 15) is 8.42 Å². The first kappa shape index (κ1) is 11.0. The van der Waals surface area contributed by atoms with E-state index in [2.05, 4.69) is 31.0 Å². The highest BCUT2D eigenvalue weighted by Crippen LogP contribution is 2.14. The first-order valence-corrected chi connectivity index (χ1v) is 6.69. The fourth-order valence-corrected chi connectivity index (χ4v) is 2.94. The first-order chi connectivity index (χ1) is 7.08. The van der Waals surface area contributed by atoms with Gasteiger partial charge in [-0.05, 0) is 22.0 Å². The second kappa shape index (κ2) is 4.17. The van der Waals surface area contributed by atoms with Crippen LogP contribution in [0, 0.1) is 0 Å². The Labute approximate surface area is 96.5 Å². The average Bonchev–Trinajstić information content (AvgIpc) is 2.12. The summed E-state index contributed by atoms with van der Waals surface area (Å²) in [6.45, 7) is 1.36. The standard InChI is InChI=1S/C8H10BrN3O2S/c9-6-1-8(5-10-2-6)15(13,14)12-7-3-11-4-7/h1-2,5,7,11-12H,3-4H2. The van der Waals surface area contributed by atoms with Crippen LogP contribution in [0.5, 0.6) is 0 Å². The maximum atomic E-state index is 11.8. The lowest BCUT2D eigenvalue weighted by Crippen LogP contribution is -2.56. The summed E-state index contributed by atoms with van der Waals surface area (Å²) in [6, 6.07) is 1.52. The quantitative estimate of drug-likeness (QED) is 0.828. The van der Waals surface area contributed by atoms with Crippen molar-refractivity contribution in [2.45, 2.75) is 10.9 Å². The van der Waals surface area contributed by atoms with E-state index < -0.39 is 10.0 Å². The molecule has 7 heteroatoms. The summed E-state index contributed by atoms with van der Waals surface area (Å²) in [5, 5.41) is 2.99. The normalized spacial score (nSPS) is 17.4. The van der Waals surface area contributed by atoms with Crippen LogP contribution in [0.2, 0.25) is 0 Å². The third-order valence-corrected chi connectivity index (χ3v) is 4.01. The molecule has 1 aromatic rings. The molecule has 82 valence electrons. The Hall–Kier alpha value is -0.500. The van der Waals surface area contributed by atoms with Gasteiger partial charge in [-0.2, -0.15) is 0 Å². The Bertz CT molecular complexity index is 459. The van der Waals surface area contributed by atoms with Gasteiger partial charge in [0.2, 0.25) is 10.0 Å². The molecule has 1 aliphatic rings. The molecule has 2 rings (SSSR count). The van der Waals surface area contributed by atoms with Crippen molar-refractivity contribution >= 4 is 26.0 Å². The molecule has 0 amide bonds. The molecule has 2 heterocycles. The molecule has 0 spiro atoms. The molecule has 0 unspecified atom stereocenters. The predicted octanol–water partition coefficient (Wildman–Crippen LogP) is 0.0942. The van der Waals surface area contributed by atoms with Gasteiger partial charge in [0.1, 0.15) is 4.90 Å². The number of hydrogen-bond donors (Lipinski definition) is 2. The van der Waals surface area contributed by atoms with Crippen LogP contribution in [0.4, 0.5) is 0 Å². The van der Waals surface area contributed by atoms with Gasteiger partial charge in [-0.1, -0.05) is 0 Å². The van der Waals surface area contributed by atoms with Crippen LogP contribution in [-0.4, -0.2) is 32.5 Å². The Kier molecular flexibility index (Phi) is 3.06. The Morgan fingerprint density at radius 3 is 2.73 bits per heavy atom. The lowest BCUT2D eigenvalue weighted by Gasteiger charge is -2.27. The van der Waals surface area contributed by atoms with Crippen molar-refractivity contribution in [3.63, 3.8) is 0 Å². The zero-order valence-corrected chi connectivity index (χ0v) is 10.2. The molecule has 1 aromatic heterocycles. The van der Waals surface area contributed by atoms with Crippen molar-refractivity contribution in [2.24, 2.45) is 0 Å². The summed E-state index contributed by atoms with van der Waals surface area (Å²) in [4.78, 5) is 4.00. The number of nitrogens with one attached hydrogen (secondary N) is 2. The molecule has 0 atom stereocenters. The Morgan fingerprint density at radius 2 is 2.20 bits per heavy atom. The number of halogens is 1. The molecule has 0 radical (unpaired) electrons. The number of nitrogens with zero attached hydrogens (tertiary/aromatic N) is 1. The molecule has 1 aliphatic heterocycles. The first-order valence-electron chi connectivity index (χ1n) is 4.41. The van der Waals surface area contributed by atoms with Crippen molar-refractivity contribution in [1.82, 2.24) is 15.0 Å². The number of sulfonamides is 1. The third kappa shape index (κ3) is 2.54. The minimum atomic E-state index is -3.43. The van der Waals surface area contributed by atoms with Crippen LogP contribution in [0.1, 0.15) is 0 Å².